The first-order valence-corrected chi connectivity index (χ1v) is 3.99. The van der Waals surface area contributed by atoms with Gasteiger partial charge in [-0.25, -0.2) is 5.90 Å². The van der Waals surface area contributed by atoms with E-state index in [-0.39, 0.29) is 12.5 Å². The molecule has 1 unspecified atom stereocenters. The molecule has 7 heteroatoms. The second kappa shape index (κ2) is 5.16. The highest BCUT2D eigenvalue weighted by molar-refractivity contribution is 5.81. The van der Waals surface area contributed by atoms with Gasteiger partial charge in [-0.05, 0) is 5.92 Å². The summed E-state index contributed by atoms with van der Waals surface area (Å²) in [6.45, 7) is 3.18. The summed E-state index contributed by atoms with van der Waals surface area (Å²) in [6.07, 6.45) is -5.49. The van der Waals surface area contributed by atoms with Crippen LogP contribution in [0.5, 0.6) is 0 Å². The highest BCUT2D eigenvalue weighted by Gasteiger charge is 2.38. The Morgan fingerprint density at radius 2 is 2.00 bits per heavy atom. The van der Waals surface area contributed by atoms with Crippen LogP contribution in [0.2, 0.25) is 0 Å². The summed E-state index contributed by atoms with van der Waals surface area (Å²) in [5, 5.41) is 1.69. The third kappa shape index (κ3) is 4.43. The van der Waals surface area contributed by atoms with Crippen LogP contribution in [0.4, 0.5) is 13.2 Å². The molecular weight excluding hydrogens is 201 g/mol. The molecule has 3 N–H and O–H groups in total. The molecule has 1 amide bonds. The molecule has 0 aromatic carbocycles. The molecule has 1 atom stereocenters. The van der Waals surface area contributed by atoms with E-state index in [9.17, 15) is 18.0 Å². The van der Waals surface area contributed by atoms with Gasteiger partial charge >= 0.3 is 12.1 Å². The molecule has 0 aliphatic carbocycles. The molecule has 0 aromatic heterocycles. The lowest BCUT2D eigenvalue weighted by Gasteiger charge is -2.18. The van der Waals surface area contributed by atoms with Crippen molar-refractivity contribution in [2.45, 2.75) is 26.1 Å². The summed E-state index contributed by atoms with van der Waals surface area (Å²) in [5.74, 6) is 2.78. The van der Waals surface area contributed by atoms with E-state index in [1.807, 2.05) is 0 Å². The smallest absolute Gasteiger partial charge is 0.346 e. The van der Waals surface area contributed by atoms with Crippen molar-refractivity contribution < 1.29 is 22.8 Å². The predicted octanol–water partition coefficient (Wildman–Crippen LogP) is 0.580. The first-order chi connectivity index (χ1) is 6.29. The molecule has 0 aromatic rings. The van der Waals surface area contributed by atoms with E-state index in [2.05, 4.69) is 4.84 Å². The third-order valence-corrected chi connectivity index (χ3v) is 1.64. The number of nitrogens with one attached hydrogen (secondary N) is 1. The van der Waals surface area contributed by atoms with Gasteiger partial charge in [-0.1, -0.05) is 13.8 Å². The largest absolute Gasteiger partial charge is 0.471 e. The monoisotopic (exact) mass is 214 g/mol. The van der Waals surface area contributed by atoms with Gasteiger partial charge in [0.15, 0.2) is 0 Å². The summed E-state index contributed by atoms with van der Waals surface area (Å²) in [7, 11) is 0. The molecule has 0 heterocycles. The third-order valence-electron chi connectivity index (χ3n) is 1.64. The molecule has 14 heavy (non-hydrogen) atoms. The summed E-state index contributed by atoms with van der Waals surface area (Å²) < 4.78 is 35.2. The van der Waals surface area contributed by atoms with Gasteiger partial charge in [-0.2, -0.15) is 13.2 Å². The van der Waals surface area contributed by atoms with Gasteiger partial charge in [-0.3, -0.25) is 9.63 Å². The number of halogens is 3. The summed E-state index contributed by atoms with van der Waals surface area (Å²) >= 11 is 0. The van der Waals surface area contributed by atoms with Crippen molar-refractivity contribution in [3.63, 3.8) is 0 Å². The Labute approximate surface area is 79.5 Å². The lowest BCUT2D eigenvalue weighted by molar-refractivity contribution is -0.174. The molecule has 0 fully saturated rings. The SMILES string of the molecule is CC(C)C(CNC(=O)C(F)(F)F)ON. The fraction of sp³-hybridized carbons (Fsp3) is 0.857. The fourth-order valence-corrected chi connectivity index (χ4v) is 0.734. The second-order valence-corrected chi connectivity index (χ2v) is 3.13. The first kappa shape index (κ1) is 13.2. The van der Waals surface area contributed by atoms with Crippen molar-refractivity contribution in [3.05, 3.63) is 0 Å². The van der Waals surface area contributed by atoms with Gasteiger partial charge in [0.25, 0.3) is 0 Å². The minimum atomic E-state index is -4.86. The van der Waals surface area contributed by atoms with Crippen LogP contribution in [0.25, 0.3) is 0 Å². The highest BCUT2D eigenvalue weighted by atomic mass is 19.4. The molecule has 0 aliphatic heterocycles. The number of rotatable bonds is 4. The minimum absolute atomic E-state index is 0.0754. The van der Waals surface area contributed by atoms with Crippen LogP contribution in [0.15, 0.2) is 0 Å². The van der Waals surface area contributed by atoms with Crippen molar-refractivity contribution >= 4 is 5.91 Å². The van der Waals surface area contributed by atoms with E-state index in [4.69, 9.17) is 5.90 Å². The van der Waals surface area contributed by atoms with Crippen molar-refractivity contribution in [2.24, 2.45) is 11.8 Å². The summed E-state index contributed by atoms with van der Waals surface area (Å²) in [6, 6.07) is 0. The number of nitrogens with two attached hydrogens (primary N) is 1. The zero-order valence-corrected chi connectivity index (χ0v) is 7.89. The van der Waals surface area contributed by atoms with Crippen LogP contribution >= 0.6 is 0 Å². The molecule has 4 nitrogen and oxygen atoms in total. The van der Waals surface area contributed by atoms with Crippen LogP contribution < -0.4 is 11.2 Å². The highest BCUT2D eigenvalue weighted by Crippen LogP contribution is 2.14. The van der Waals surface area contributed by atoms with Gasteiger partial charge in [-0.15, -0.1) is 0 Å². The van der Waals surface area contributed by atoms with Gasteiger partial charge in [0, 0.05) is 6.54 Å². The molecule has 0 radical (unpaired) electrons. The molecule has 0 saturated carbocycles. The number of carbonyl (C=O) groups is 1. The Balaban J connectivity index is 3.99. The van der Waals surface area contributed by atoms with E-state index in [1.54, 1.807) is 19.2 Å². The van der Waals surface area contributed by atoms with Gasteiger partial charge in [0.05, 0.1) is 6.10 Å². The number of amides is 1. The maximum atomic E-state index is 11.7. The average molecular weight is 214 g/mol. The van der Waals surface area contributed by atoms with Crippen molar-refractivity contribution in [3.8, 4) is 0 Å². The summed E-state index contributed by atoms with van der Waals surface area (Å²) in [4.78, 5) is 14.8. The van der Waals surface area contributed by atoms with Crippen molar-refractivity contribution in [1.82, 2.24) is 5.32 Å². The van der Waals surface area contributed by atoms with Gasteiger partial charge < -0.3 is 5.32 Å². The Morgan fingerprint density at radius 1 is 1.50 bits per heavy atom. The molecule has 84 valence electrons. The van der Waals surface area contributed by atoms with Crippen molar-refractivity contribution in [2.75, 3.05) is 6.54 Å². The number of carbonyl (C=O) groups excluding carboxylic acids is 1. The predicted molar refractivity (Wildman–Crippen MR) is 43.0 cm³/mol. The Bertz CT molecular complexity index is 194. The number of alkyl halides is 3. The van der Waals surface area contributed by atoms with E-state index >= 15 is 0 Å². The van der Waals surface area contributed by atoms with Gasteiger partial charge in [0.2, 0.25) is 0 Å². The Morgan fingerprint density at radius 3 is 2.29 bits per heavy atom. The van der Waals surface area contributed by atoms with Gasteiger partial charge in [0.1, 0.15) is 0 Å². The van der Waals surface area contributed by atoms with Crippen LogP contribution in [-0.2, 0) is 9.63 Å². The standard InChI is InChI=1S/C7H13F3N2O2/c1-4(2)5(14-11)3-12-6(13)7(8,9)10/h4-5H,3,11H2,1-2H3,(H,12,13). The second-order valence-electron chi connectivity index (χ2n) is 3.13. The molecule has 0 bridgehead atoms. The van der Waals surface area contributed by atoms with E-state index in [0.717, 1.165) is 0 Å². The number of hydrogen-bond donors (Lipinski definition) is 2. The van der Waals surface area contributed by atoms with E-state index in [1.165, 1.54) is 0 Å². The van der Waals surface area contributed by atoms with Crippen LogP contribution in [-0.4, -0.2) is 24.7 Å². The normalized spacial score (nSPS) is 14.2. The maximum absolute atomic E-state index is 11.7. The molecule has 0 saturated heterocycles. The van der Waals surface area contributed by atoms with E-state index in [0.29, 0.717) is 0 Å². The zero-order valence-electron chi connectivity index (χ0n) is 7.89. The zero-order chi connectivity index (χ0) is 11.4. The maximum Gasteiger partial charge on any atom is 0.471 e. The summed E-state index contributed by atoms with van der Waals surface area (Å²) in [5.41, 5.74) is 0. The van der Waals surface area contributed by atoms with Crippen LogP contribution in [0.1, 0.15) is 13.8 Å². The van der Waals surface area contributed by atoms with Crippen LogP contribution in [0, 0.1) is 5.92 Å². The molecule has 0 aliphatic rings. The average Bonchev–Trinajstić information content (AvgIpc) is 2.02. The Kier molecular flexibility index (Phi) is 4.86. The number of hydrogen-bond acceptors (Lipinski definition) is 3. The lowest BCUT2D eigenvalue weighted by Crippen LogP contribution is -2.43. The quantitative estimate of drug-likeness (QED) is 0.673. The molecule has 0 spiro atoms. The Hall–Kier alpha value is -0.820. The molecular formula is C7H13F3N2O2. The van der Waals surface area contributed by atoms with Crippen LogP contribution in [0.3, 0.4) is 0 Å². The van der Waals surface area contributed by atoms with E-state index < -0.39 is 18.2 Å². The minimum Gasteiger partial charge on any atom is -0.346 e. The van der Waals surface area contributed by atoms with Crippen molar-refractivity contribution in [1.29, 1.82) is 0 Å². The topological polar surface area (TPSA) is 64.3 Å². The first-order valence-electron chi connectivity index (χ1n) is 3.99. The molecule has 0 rings (SSSR count). The lowest BCUT2D eigenvalue weighted by atomic mass is 10.1. The fourth-order valence-electron chi connectivity index (χ4n) is 0.734.